The van der Waals surface area contributed by atoms with Crippen molar-refractivity contribution in [3.63, 3.8) is 0 Å². The van der Waals surface area contributed by atoms with E-state index < -0.39 is 139 Å². The number of nitrogens with zero attached hydrogens (tertiary/aromatic N) is 7. The summed E-state index contributed by atoms with van der Waals surface area (Å²) < 4.78 is 61.8. The third-order valence-corrected chi connectivity index (χ3v) is 19.1. The summed E-state index contributed by atoms with van der Waals surface area (Å²) in [7, 11) is 6.83. The molecule has 454 valence electrons. The fraction of sp³-hybridized carbons (Fsp3) is 0.763. The van der Waals surface area contributed by atoms with E-state index in [1.54, 1.807) is 47.9 Å². The zero-order valence-electron chi connectivity index (χ0n) is 50.0. The summed E-state index contributed by atoms with van der Waals surface area (Å²) in [6.07, 6.45) is -6.96. The van der Waals surface area contributed by atoms with Gasteiger partial charge in [0.2, 0.25) is 0 Å². The van der Waals surface area contributed by atoms with Crippen molar-refractivity contribution in [1.82, 2.24) is 35.1 Å². The zero-order chi connectivity index (χ0) is 59.1. The molecular weight excluding hydrogens is 1050 g/mol. The maximum absolute atomic E-state index is 15.1. The van der Waals surface area contributed by atoms with Crippen LogP contribution in [-0.2, 0) is 44.4 Å². The van der Waals surface area contributed by atoms with Gasteiger partial charge in [0.15, 0.2) is 12.6 Å². The number of anilines is 1. The molecule has 22 heteroatoms. The normalized spacial score (nSPS) is 42.0. The number of rotatable bonds is 6. The van der Waals surface area contributed by atoms with Crippen LogP contribution in [0.5, 0.6) is 0 Å². The number of aliphatic hydroxyl groups is 5. The van der Waals surface area contributed by atoms with E-state index in [4.69, 9.17) is 38.1 Å². The summed E-state index contributed by atoms with van der Waals surface area (Å²) in [6, 6.07) is 9.61. The van der Waals surface area contributed by atoms with Crippen molar-refractivity contribution in [2.24, 2.45) is 17.8 Å². The molecule has 21 nitrogen and oxygen atoms in total. The second kappa shape index (κ2) is 25.4. The number of methoxy groups -OCH3 is 2. The third-order valence-electron chi connectivity index (χ3n) is 19.1. The number of carbonyl (C=O) groups excluding carboxylic acids is 1. The smallest absolute Gasteiger partial charge is 0.311 e. The highest BCUT2D eigenvalue weighted by atomic mass is 19.1. The summed E-state index contributed by atoms with van der Waals surface area (Å²) in [5.41, 5.74) is -2.83. The number of aromatic nitrogens is 4. The van der Waals surface area contributed by atoms with Gasteiger partial charge in [-0.1, -0.05) is 50.3 Å². The van der Waals surface area contributed by atoms with Crippen LogP contribution >= 0.6 is 0 Å². The van der Waals surface area contributed by atoms with Crippen LogP contribution in [0.25, 0.3) is 11.1 Å². The molecule has 1 unspecified atom stereocenters. The molecule has 0 amide bonds. The van der Waals surface area contributed by atoms with E-state index in [0.29, 0.717) is 50.5 Å². The Morgan fingerprint density at radius 2 is 1.60 bits per heavy atom. The number of piperazine rings is 1. The number of nitrogens with one attached hydrogen (secondary N) is 1. The molecule has 21 atom stereocenters. The molecule has 0 saturated carbocycles. The highest BCUT2D eigenvalue weighted by molar-refractivity contribution is 5.73. The minimum absolute atomic E-state index is 0.0400. The van der Waals surface area contributed by atoms with E-state index in [1.165, 1.54) is 18.7 Å². The first-order valence-corrected chi connectivity index (χ1v) is 29.1. The van der Waals surface area contributed by atoms with E-state index in [1.807, 2.05) is 94.2 Å². The summed E-state index contributed by atoms with van der Waals surface area (Å²) in [5, 5.41) is 75.1. The van der Waals surface area contributed by atoms with Gasteiger partial charge in [0.25, 0.3) is 0 Å². The number of hydrogen-bond acceptors (Lipinski definition) is 20. The molecule has 0 radical (unpaired) electrons. The molecule has 4 fully saturated rings. The lowest BCUT2D eigenvalue weighted by molar-refractivity contribution is -0.318. The predicted molar refractivity (Wildman–Crippen MR) is 299 cm³/mol. The number of ether oxygens (including phenoxy) is 7. The van der Waals surface area contributed by atoms with E-state index in [0.717, 1.165) is 16.7 Å². The van der Waals surface area contributed by atoms with Crippen LogP contribution < -0.4 is 10.2 Å². The Balaban J connectivity index is 1.27. The molecule has 7 aliphatic rings. The summed E-state index contributed by atoms with van der Waals surface area (Å²) in [6.45, 7) is 18.6. The Bertz CT molecular complexity index is 2530. The molecule has 10 rings (SSSR count). The number of esters is 1. The Morgan fingerprint density at radius 3 is 2.25 bits per heavy atom. The molecule has 81 heavy (non-hydrogen) atoms. The van der Waals surface area contributed by atoms with Crippen molar-refractivity contribution in [2.75, 3.05) is 66.1 Å². The SMILES string of the molecule is CC[C@H]1OC(=O)[C@H](C)[C@@H](O[C@H]2C[C@@](C)(OC)[C@@H](O)[C@H](C)O2)[C@H](C)[C@H]2O[C@@H]3O[C@H](C)C[C@@H]([C@H]3O)N(C)CCc3cn(nn3)[C@H](CF)[C@H](OC)c3ccc(cc3)-c3ccc(nc3)N3CCNC(C3)([C@H](C)C[C@@]2(C)O)N(C)[C@H](C)[C@@H](O)[C@]1(C)O. The van der Waals surface area contributed by atoms with Gasteiger partial charge >= 0.3 is 5.97 Å². The number of alkyl halides is 1. The van der Waals surface area contributed by atoms with Crippen LogP contribution in [-0.4, -0.2) is 218 Å². The molecule has 6 N–H and O–H groups in total. The Kier molecular flexibility index (Phi) is 19.8. The molecule has 1 spiro atoms. The highest BCUT2D eigenvalue weighted by Gasteiger charge is 2.56. The maximum atomic E-state index is 15.1. The van der Waals surface area contributed by atoms with Crippen LogP contribution in [0, 0.1) is 17.8 Å². The number of halogens is 1. The van der Waals surface area contributed by atoms with Gasteiger partial charge in [-0.2, -0.15) is 0 Å². The molecule has 9 heterocycles. The van der Waals surface area contributed by atoms with E-state index in [-0.39, 0.29) is 19.3 Å². The Hall–Kier alpha value is -3.85. The fourth-order valence-corrected chi connectivity index (χ4v) is 13.8. The number of hydrogen-bond donors (Lipinski definition) is 6. The quantitative estimate of drug-likeness (QED) is 0.190. The van der Waals surface area contributed by atoms with Gasteiger partial charge in [-0.15, -0.1) is 5.10 Å². The second-order valence-corrected chi connectivity index (χ2v) is 24.8. The van der Waals surface area contributed by atoms with Crippen molar-refractivity contribution in [3.8, 4) is 11.1 Å². The summed E-state index contributed by atoms with van der Waals surface area (Å²) in [5.74, 6) is -2.60. The van der Waals surface area contributed by atoms with Gasteiger partial charge in [-0.25, -0.2) is 14.1 Å². The topological polar surface area (TPSA) is 248 Å². The van der Waals surface area contributed by atoms with Crippen LogP contribution in [0.4, 0.5) is 10.2 Å². The lowest BCUT2D eigenvalue weighted by atomic mass is 9.74. The van der Waals surface area contributed by atoms with Crippen molar-refractivity contribution in [3.05, 3.63) is 60.0 Å². The maximum Gasteiger partial charge on any atom is 0.311 e. The van der Waals surface area contributed by atoms with E-state index in [9.17, 15) is 30.3 Å². The monoisotopic (exact) mass is 1140 g/mol. The van der Waals surface area contributed by atoms with Crippen molar-refractivity contribution < 1.29 is 67.9 Å². The second-order valence-electron chi connectivity index (χ2n) is 24.8. The number of benzene rings is 1. The molecule has 1 aromatic carbocycles. The van der Waals surface area contributed by atoms with Crippen LogP contribution in [0.3, 0.4) is 0 Å². The van der Waals surface area contributed by atoms with Crippen LogP contribution in [0.2, 0.25) is 0 Å². The minimum Gasteiger partial charge on any atom is -0.459 e. The van der Waals surface area contributed by atoms with Gasteiger partial charge in [-0.3, -0.25) is 15.0 Å². The van der Waals surface area contributed by atoms with Gasteiger partial charge in [0, 0.05) is 82.7 Å². The first-order valence-electron chi connectivity index (χ1n) is 29.1. The van der Waals surface area contributed by atoms with Gasteiger partial charge in [0.05, 0.1) is 59.4 Å². The van der Waals surface area contributed by atoms with Crippen molar-refractivity contribution >= 4 is 11.8 Å². The zero-order valence-corrected chi connectivity index (χ0v) is 50.0. The number of fused-ring (bicyclic) bond motifs is 2. The lowest BCUT2D eigenvalue weighted by Gasteiger charge is -2.57. The minimum atomic E-state index is -1.98. The molecule has 11 bridgehead atoms. The molecular formula is C59H93FN8O13. The van der Waals surface area contributed by atoms with Crippen molar-refractivity contribution in [1.29, 1.82) is 0 Å². The number of likely N-dealkylation sites (N-methyl/N-ethyl adjacent to an activating group) is 2. The first-order chi connectivity index (χ1) is 38.2. The number of cyclic esters (lactones) is 1. The molecule has 3 aromatic rings. The average Bonchev–Trinajstić information content (AvgIpc) is 4.04. The summed E-state index contributed by atoms with van der Waals surface area (Å²) in [4.78, 5) is 26.1. The van der Waals surface area contributed by atoms with Gasteiger partial charge < -0.3 is 68.5 Å². The van der Waals surface area contributed by atoms with E-state index >= 15 is 4.39 Å². The summed E-state index contributed by atoms with van der Waals surface area (Å²) >= 11 is 0. The molecule has 0 aliphatic carbocycles. The number of pyridine rings is 1. The lowest BCUT2D eigenvalue weighted by Crippen LogP contribution is -2.75. The highest BCUT2D eigenvalue weighted by Crippen LogP contribution is 2.44. The first kappa shape index (κ1) is 63.2. The molecule has 7 aliphatic heterocycles. The Labute approximate surface area is 477 Å². The van der Waals surface area contributed by atoms with E-state index in [2.05, 4.69) is 20.5 Å². The van der Waals surface area contributed by atoms with Crippen LogP contribution in [0.1, 0.15) is 118 Å². The predicted octanol–water partition coefficient (Wildman–Crippen LogP) is 4.18. The Morgan fingerprint density at radius 1 is 0.901 bits per heavy atom. The largest absolute Gasteiger partial charge is 0.459 e. The molecule has 4 saturated heterocycles. The van der Waals surface area contributed by atoms with Crippen molar-refractivity contribution in [2.45, 2.75) is 209 Å². The van der Waals surface area contributed by atoms with Gasteiger partial charge in [-0.05, 0) is 111 Å². The third kappa shape index (κ3) is 12.8. The molecule has 2 aromatic heterocycles. The van der Waals surface area contributed by atoms with Gasteiger partial charge in [0.1, 0.15) is 54.7 Å². The average molecular weight is 1140 g/mol. The van der Waals surface area contributed by atoms with Crippen LogP contribution in [0.15, 0.2) is 48.8 Å². The number of carbonyl (C=O) groups is 1. The number of aliphatic hydroxyl groups excluding tert-OH is 3. The standard InChI is InChI=1S/C59H93FN8O13/c1-15-45-58(10,74)51(70)37(6)66(12)59-32-67(25-23-62-59)46-21-20-41(30-61-46)39-16-18-40(19-17-39)50(75-13)44(29-60)68-31-42(63-64-68)22-24-65(11)43-26-34(3)77-55(48(43)69)81-53(56(8,73)27-33(59)2)35(4)49(36(5)54(72)79-45)80-47-28-57(9,76-14)52(71)38(7)78-47/h16-21,30-31,33-38,43-45,47-53,55,62,69-71,73-74H,15,22-29,32H2,1-14H3/t33-,34-,35+,36-,37-,38+,43+,44-,45-,47+,48-,49+,50-,51-,52+,53-,55+,56-,57-,58-,59?/m1/s1. The fourth-order valence-electron chi connectivity index (χ4n) is 13.8.